The van der Waals surface area contributed by atoms with Crippen molar-refractivity contribution in [2.75, 3.05) is 0 Å². The van der Waals surface area contributed by atoms with E-state index in [2.05, 4.69) is 32.6 Å². The van der Waals surface area contributed by atoms with Crippen LogP contribution in [0.4, 0.5) is 0 Å². The first kappa shape index (κ1) is 10.7. The van der Waals surface area contributed by atoms with Crippen LogP contribution < -0.4 is 0 Å². The second-order valence-corrected chi connectivity index (χ2v) is 5.43. The fourth-order valence-corrected chi connectivity index (χ4v) is 2.97. The minimum Gasteiger partial charge on any atom is -0.299 e. The van der Waals surface area contributed by atoms with Crippen molar-refractivity contribution in [1.82, 2.24) is 0 Å². The topological polar surface area (TPSA) is 17.1 Å². The van der Waals surface area contributed by atoms with Gasteiger partial charge in [0.25, 0.3) is 0 Å². The molecule has 0 aliphatic heterocycles. The third-order valence-electron chi connectivity index (χ3n) is 4.36. The smallest absolute Gasteiger partial charge is 0.139 e. The van der Waals surface area contributed by atoms with E-state index >= 15 is 0 Å². The molecular formula is C14H20O. The van der Waals surface area contributed by atoms with Gasteiger partial charge in [0.05, 0.1) is 0 Å². The highest BCUT2D eigenvalue weighted by atomic mass is 16.1. The van der Waals surface area contributed by atoms with Crippen LogP contribution in [0.15, 0.2) is 24.3 Å². The zero-order valence-corrected chi connectivity index (χ0v) is 9.75. The van der Waals surface area contributed by atoms with E-state index in [0.717, 1.165) is 25.7 Å². The molecule has 1 nitrogen and oxygen atoms in total. The summed E-state index contributed by atoms with van der Waals surface area (Å²) in [6, 6.07) is 0. The number of allylic oxidation sites excluding steroid dienone is 3. The summed E-state index contributed by atoms with van der Waals surface area (Å²) in [6.45, 7) is 8.21. The Morgan fingerprint density at radius 2 is 2.27 bits per heavy atom. The van der Waals surface area contributed by atoms with E-state index in [9.17, 15) is 4.79 Å². The van der Waals surface area contributed by atoms with E-state index in [4.69, 9.17) is 0 Å². The molecule has 1 heteroatoms. The molecule has 0 aromatic rings. The molecule has 15 heavy (non-hydrogen) atoms. The summed E-state index contributed by atoms with van der Waals surface area (Å²) in [6.07, 6.45) is 8.31. The number of ketones is 1. The minimum absolute atomic E-state index is 0.0687. The molecule has 2 aliphatic rings. The summed E-state index contributed by atoms with van der Waals surface area (Å²) < 4.78 is 0. The zero-order valence-electron chi connectivity index (χ0n) is 9.75. The van der Waals surface area contributed by atoms with Crippen molar-refractivity contribution >= 4 is 5.78 Å². The Kier molecular flexibility index (Phi) is 2.57. The molecule has 0 aromatic heterocycles. The lowest BCUT2D eigenvalue weighted by molar-refractivity contribution is -0.135. The average Bonchev–Trinajstić information content (AvgIpc) is 2.19. The van der Waals surface area contributed by atoms with Crippen LogP contribution in [-0.4, -0.2) is 5.78 Å². The van der Waals surface area contributed by atoms with Crippen LogP contribution in [-0.2, 0) is 4.79 Å². The number of hydrogen-bond donors (Lipinski definition) is 0. The minimum atomic E-state index is -0.0687. The summed E-state index contributed by atoms with van der Waals surface area (Å²) in [4.78, 5) is 12.2. The van der Waals surface area contributed by atoms with Gasteiger partial charge in [0.1, 0.15) is 5.78 Å². The van der Waals surface area contributed by atoms with Crippen molar-refractivity contribution in [2.45, 2.75) is 39.5 Å². The molecule has 0 heterocycles. The number of carbonyl (C=O) groups is 1. The van der Waals surface area contributed by atoms with Gasteiger partial charge in [-0.3, -0.25) is 4.79 Å². The van der Waals surface area contributed by atoms with Crippen LogP contribution >= 0.6 is 0 Å². The Bertz CT molecular complexity index is 326. The fraction of sp³-hybridized carbons (Fsp3) is 0.643. The van der Waals surface area contributed by atoms with Gasteiger partial charge >= 0.3 is 0 Å². The van der Waals surface area contributed by atoms with Crippen molar-refractivity contribution in [3.8, 4) is 0 Å². The summed E-state index contributed by atoms with van der Waals surface area (Å²) in [5, 5.41) is 0. The Labute approximate surface area is 92.3 Å². The van der Waals surface area contributed by atoms with Crippen LogP contribution in [0, 0.1) is 17.3 Å². The van der Waals surface area contributed by atoms with Crippen LogP contribution in [0.5, 0.6) is 0 Å². The third-order valence-corrected chi connectivity index (χ3v) is 4.36. The molecule has 82 valence electrons. The van der Waals surface area contributed by atoms with Gasteiger partial charge in [-0.2, -0.15) is 0 Å². The van der Waals surface area contributed by atoms with E-state index in [1.165, 1.54) is 5.57 Å². The standard InChI is InChI=1S/C14H20O/c1-10(2)11-8-12-6-4-5-7-14(12,3)13(15)9-11/h4-5,11-12H,1,6-9H2,2-3H3/t11-,12-,14-/m1/s1. The number of rotatable bonds is 1. The first-order chi connectivity index (χ1) is 7.04. The molecule has 0 saturated heterocycles. The monoisotopic (exact) mass is 204 g/mol. The van der Waals surface area contributed by atoms with E-state index in [0.29, 0.717) is 17.6 Å². The normalized spacial score (nSPS) is 40.0. The molecule has 0 amide bonds. The third kappa shape index (κ3) is 1.68. The van der Waals surface area contributed by atoms with Crippen LogP contribution in [0.25, 0.3) is 0 Å². The molecule has 1 saturated carbocycles. The lowest BCUT2D eigenvalue weighted by Crippen LogP contribution is -2.43. The van der Waals surface area contributed by atoms with Crippen molar-refractivity contribution in [3.63, 3.8) is 0 Å². The zero-order chi connectivity index (χ0) is 11.1. The number of hydrogen-bond acceptors (Lipinski definition) is 1. The highest BCUT2D eigenvalue weighted by Crippen LogP contribution is 2.48. The first-order valence-electron chi connectivity index (χ1n) is 5.87. The summed E-state index contributed by atoms with van der Waals surface area (Å²) >= 11 is 0. The molecule has 0 unspecified atom stereocenters. The molecule has 2 rings (SSSR count). The largest absolute Gasteiger partial charge is 0.299 e. The molecule has 2 aliphatic carbocycles. The molecule has 0 N–H and O–H groups in total. The molecule has 0 bridgehead atoms. The predicted octanol–water partition coefficient (Wildman–Crippen LogP) is 3.51. The van der Waals surface area contributed by atoms with Gasteiger partial charge < -0.3 is 0 Å². The molecular weight excluding hydrogens is 184 g/mol. The second kappa shape index (κ2) is 3.62. The molecule has 1 fully saturated rings. The van der Waals surface area contributed by atoms with Gasteiger partial charge in [-0.25, -0.2) is 0 Å². The number of fused-ring (bicyclic) bond motifs is 1. The Hall–Kier alpha value is -0.850. The van der Waals surface area contributed by atoms with Gasteiger partial charge in [-0.05, 0) is 38.0 Å². The fourth-order valence-electron chi connectivity index (χ4n) is 2.97. The first-order valence-corrected chi connectivity index (χ1v) is 5.87. The highest BCUT2D eigenvalue weighted by molar-refractivity contribution is 5.86. The van der Waals surface area contributed by atoms with Gasteiger partial charge in [0.2, 0.25) is 0 Å². The van der Waals surface area contributed by atoms with E-state index in [1.807, 2.05) is 0 Å². The lowest BCUT2D eigenvalue weighted by Gasteiger charge is -2.44. The van der Waals surface area contributed by atoms with Gasteiger partial charge in [-0.15, -0.1) is 0 Å². The quantitative estimate of drug-likeness (QED) is 0.597. The maximum Gasteiger partial charge on any atom is 0.139 e. The average molecular weight is 204 g/mol. The molecule has 0 spiro atoms. The number of carbonyl (C=O) groups excluding carboxylic acids is 1. The second-order valence-electron chi connectivity index (χ2n) is 5.43. The van der Waals surface area contributed by atoms with Crippen molar-refractivity contribution in [2.24, 2.45) is 17.3 Å². The van der Waals surface area contributed by atoms with Gasteiger partial charge in [0.15, 0.2) is 0 Å². The van der Waals surface area contributed by atoms with Crippen LogP contribution in [0.2, 0.25) is 0 Å². The maximum absolute atomic E-state index is 12.2. The van der Waals surface area contributed by atoms with Crippen LogP contribution in [0.3, 0.4) is 0 Å². The van der Waals surface area contributed by atoms with Crippen molar-refractivity contribution in [3.05, 3.63) is 24.3 Å². The Balaban J connectivity index is 2.23. The Morgan fingerprint density at radius 1 is 1.53 bits per heavy atom. The summed E-state index contributed by atoms with van der Waals surface area (Å²) in [5.74, 6) is 1.43. The SMILES string of the molecule is C=C(C)[C@H]1CC(=O)[C@]2(C)CC=CC[C@@H]2C1. The van der Waals surface area contributed by atoms with Gasteiger partial charge in [0, 0.05) is 11.8 Å². The van der Waals surface area contributed by atoms with E-state index in [-0.39, 0.29) is 5.41 Å². The lowest BCUT2D eigenvalue weighted by atomic mass is 9.58. The maximum atomic E-state index is 12.2. The van der Waals surface area contributed by atoms with Crippen molar-refractivity contribution < 1.29 is 4.79 Å². The highest BCUT2D eigenvalue weighted by Gasteiger charge is 2.45. The van der Waals surface area contributed by atoms with Gasteiger partial charge in [-0.1, -0.05) is 31.2 Å². The summed E-state index contributed by atoms with van der Waals surface area (Å²) in [5.41, 5.74) is 1.11. The predicted molar refractivity (Wildman–Crippen MR) is 62.5 cm³/mol. The van der Waals surface area contributed by atoms with Crippen molar-refractivity contribution in [1.29, 1.82) is 0 Å². The Morgan fingerprint density at radius 3 is 2.93 bits per heavy atom. The number of Topliss-reactive ketones (excluding diaryl/α,β-unsaturated/α-hetero) is 1. The molecule has 3 atom stereocenters. The molecule has 0 radical (unpaired) electrons. The van der Waals surface area contributed by atoms with E-state index < -0.39 is 0 Å². The summed E-state index contributed by atoms with van der Waals surface area (Å²) in [7, 11) is 0. The van der Waals surface area contributed by atoms with E-state index in [1.54, 1.807) is 0 Å². The molecule has 0 aromatic carbocycles. The van der Waals surface area contributed by atoms with Crippen LogP contribution in [0.1, 0.15) is 39.5 Å².